The second-order valence-electron chi connectivity index (χ2n) is 7.17. The molecule has 1 atom stereocenters. The van der Waals surface area contributed by atoms with E-state index < -0.39 is 29.2 Å². The van der Waals surface area contributed by atoms with Crippen LogP contribution in [0.4, 0.5) is 20.2 Å². The predicted octanol–water partition coefficient (Wildman–Crippen LogP) is 4.68. The lowest BCUT2D eigenvalue weighted by atomic mass is 9.96. The number of phenols is 1. The Labute approximate surface area is 191 Å². The van der Waals surface area contributed by atoms with Crippen LogP contribution in [0.2, 0.25) is 10.0 Å². The van der Waals surface area contributed by atoms with E-state index in [1.165, 1.54) is 36.7 Å². The summed E-state index contributed by atoms with van der Waals surface area (Å²) in [4.78, 5) is 31.0. The first-order chi connectivity index (χ1) is 15.3. The number of hydrogen-bond donors (Lipinski definition) is 2. The Hall–Kier alpha value is -3.23. The third-order valence-corrected chi connectivity index (χ3v) is 5.75. The van der Waals surface area contributed by atoms with Crippen molar-refractivity contribution in [1.82, 2.24) is 4.98 Å². The van der Waals surface area contributed by atoms with Crippen LogP contribution >= 0.6 is 23.2 Å². The first-order valence-electron chi connectivity index (χ1n) is 9.41. The summed E-state index contributed by atoms with van der Waals surface area (Å²) in [6.07, 6.45) is 2.53. The third-order valence-electron chi connectivity index (χ3n) is 5.17. The van der Waals surface area contributed by atoms with Crippen LogP contribution in [0.15, 0.2) is 48.8 Å². The molecule has 4 rings (SSSR count). The molecule has 32 heavy (non-hydrogen) atoms. The molecule has 1 aliphatic heterocycles. The van der Waals surface area contributed by atoms with Crippen LogP contribution in [0.25, 0.3) is 0 Å². The van der Waals surface area contributed by atoms with Crippen molar-refractivity contribution in [3.8, 4) is 5.75 Å². The zero-order valence-corrected chi connectivity index (χ0v) is 17.8. The van der Waals surface area contributed by atoms with Gasteiger partial charge < -0.3 is 15.3 Å². The lowest BCUT2D eigenvalue weighted by molar-refractivity contribution is -0.135. The number of benzene rings is 2. The summed E-state index contributed by atoms with van der Waals surface area (Å²) in [7, 11) is 0. The smallest absolute Gasteiger partial charge is 0.292 e. The Morgan fingerprint density at radius 2 is 1.78 bits per heavy atom. The number of nitrogens with one attached hydrogen (secondary N) is 1. The van der Waals surface area contributed by atoms with Crippen molar-refractivity contribution >= 4 is 46.3 Å². The first kappa shape index (κ1) is 22.0. The van der Waals surface area contributed by atoms with E-state index in [1.54, 1.807) is 4.90 Å². The van der Waals surface area contributed by atoms with Crippen LogP contribution < -0.4 is 10.2 Å². The number of pyridine rings is 1. The molecule has 1 aromatic heterocycles. The van der Waals surface area contributed by atoms with Crippen LogP contribution in [-0.4, -0.2) is 28.3 Å². The predicted molar refractivity (Wildman–Crippen MR) is 116 cm³/mol. The number of aromatic nitrogens is 1. The summed E-state index contributed by atoms with van der Waals surface area (Å²) in [5.74, 6) is -4.33. The van der Waals surface area contributed by atoms with Crippen molar-refractivity contribution in [2.75, 3.05) is 16.8 Å². The minimum absolute atomic E-state index is 0.0172. The van der Waals surface area contributed by atoms with Crippen LogP contribution in [0.5, 0.6) is 5.75 Å². The van der Waals surface area contributed by atoms with Gasteiger partial charge in [-0.15, -0.1) is 0 Å². The van der Waals surface area contributed by atoms with Crippen molar-refractivity contribution in [3.63, 3.8) is 0 Å². The van der Waals surface area contributed by atoms with Crippen molar-refractivity contribution in [3.05, 3.63) is 81.6 Å². The normalized spacial score (nSPS) is 14.9. The zero-order valence-electron chi connectivity index (χ0n) is 16.3. The molecule has 0 fully saturated rings. The summed E-state index contributed by atoms with van der Waals surface area (Å²) in [6, 6.07) is 7.83. The molecule has 1 amide bonds. The molecule has 1 aliphatic rings. The van der Waals surface area contributed by atoms with Gasteiger partial charge in [0.15, 0.2) is 0 Å². The summed E-state index contributed by atoms with van der Waals surface area (Å²) in [5.41, 5.74) is 0.728. The number of ketones is 1. The Bertz CT molecular complexity index is 1200. The van der Waals surface area contributed by atoms with Gasteiger partial charge in [0, 0.05) is 36.7 Å². The fourth-order valence-corrected chi connectivity index (χ4v) is 4.10. The Morgan fingerprint density at radius 1 is 1.12 bits per heavy atom. The number of Topliss-reactive ketones (excluding diaryl/α,β-unsaturated/α-hetero) is 1. The van der Waals surface area contributed by atoms with Gasteiger partial charge in [-0.3, -0.25) is 14.6 Å². The minimum atomic E-state index is -0.980. The van der Waals surface area contributed by atoms with E-state index >= 15 is 0 Å². The molecule has 2 aromatic carbocycles. The largest absolute Gasteiger partial charge is 0.508 e. The Morgan fingerprint density at radius 3 is 2.44 bits per heavy atom. The van der Waals surface area contributed by atoms with Gasteiger partial charge in [-0.1, -0.05) is 29.3 Å². The molecule has 6 nitrogen and oxygen atoms in total. The average molecular weight is 478 g/mol. The van der Waals surface area contributed by atoms with E-state index in [1.807, 2.05) is 0 Å². The first-order valence-corrected chi connectivity index (χ1v) is 10.2. The van der Waals surface area contributed by atoms with Crippen LogP contribution in [0, 0.1) is 11.6 Å². The molecular formula is C22H15Cl2F2N3O3. The third kappa shape index (κ3) is 4.11. The van der Waals surface area contributed by atoms with E-state index in [0.29, 0.717) is 11.3 Å². The van der Waals surface area contributed by atoms with Crippen LogP contribution in [0.1, 0.15) is 17.0 Å². The average Bonchev–Trinajstić information content (AvgIpc) is 3.10. The number of amides is 1. The molecule has 2 N–H and O–H groups in total. The number of aromatic hydroxyl groups is 1. The van der Waals surface area contributed by atoms with E-state index in [4.69, 9.17) is 23.2 Å². The van der Waals surface area contributed by atoms with Gasteiger partial charge in [0.2, 0.25) is 5.78 Å². The second kappa shape index (κ2) is 8.72. The second-order valence-corrected chi connectivity index (χ2v) is 7.99. The van der Waals surface area contributed by atoms with Crippen molar-refractivity contribution in [1.29, 1.82) is 0 Å². The molecule has 0 bridgehead atoms. The Kier molecular flexibility index (Phi) is 5.99. The topological polar surface area (TPSA) is 82.5 Å². The van der Waals surface area contributed by atoms with E-state index in [-0.39, 0.29) is 40.1 Å². The van der Waals surface area contributed by atoms with Crippen LogP contribution in [-0.2, 0) is 16.1 Å². The minimum Gasteiger partial charge on any atom is -0.508 e. The number of carbonyl (C=O) groups is 2. The molecule has 0 saturated heterocycles. The summed E-state index contributed by atoms with van der Waals surface area (Å²) in [6.45, 7) is -0.180. The number of carbonyl (C=O) groups excluding carboxylic acids is 2. The number of halogens is 4. The van der Waals surface area contributed by atoms with Gasteiger partial charge in [0.05, 0.1) is 21.7 Å². The number of hydrogen-bond acceptors (Lipinski definition) is 5. The van der Waals surface area contributed by atoms with Crippen molar-refractivity contribution in [2.24, 2.45) is 0 Å². The molecule has 0 radical (unpaired) electrons. The highest BCUT2D eigenvalue weighted by Gasteiger charge is 2.37. The fourth-order valence-electron chi connectivity index (χ4n) is 3.64. The zero-order chi connectivity index (χ0) is 23.0. The number of anilines is 2. The maximum absolute atomic E-state index is 14.2. The van der Waals surface area contributed by atoms with Gasteiger partial charge in [-0.05, 0) is 35.9 Å². The van der Waals surface area contributed by atoms with E-state index in [2.05, 4.69) is 10.3 Å². The Balaban J connectivity index is 1.63. The van der Waals surface area contributed by atoms with Gasteiger partial charge in [-0.2, -0.15) is 0 Å². The maximum atomic E-state index is 14.2. The SMILES string of the molecule is O=C(Nc1c(Cl)cncc1Cl)C(=O)C1CN(Cc2c(F)cccc2F)c2ccc(O)cc21. The van der Waals surface area contributed by atoms with Gasteiger partial charge >= 0.3 is 0 Å². The number of fused-ring (bicyclic) bond motifs is 1. The highest BCUT2D eigenvalue weighted by Crippen LogP contribution is 2.40. The highest BCUT2D eigenvalue weighted by molar-refractivity contribution is 6.46. The molecule has 164 valence electrons. The lowest BCUT2D eigenvalue weighted by Gasteiger charge is -2.20. The van der Waals surface area contributed by atoms with Crippen molar-refractivity contribution < 1.29 is 23.5 Å². The number of rotatable bonds is 5. The number of nitrogens with zero attached hydrogens (tertiary/aromatic N) is 2. The molecule has 0 saturated carbocycles. The van der Waals surface area contributed by atoms with E-state index in [9.17, 15) is 23.5 Å². The number of phenolic OH excluding ortho intramolecular Hbond substituents is 1. The van der Waals surface area contributed by atoms with E-state index in [0.717, 1.165) is 12.1 Å². The van der Waals surface area contributed by atoms with Crippen molar-refractivity contribution in [2.45, 2.75) is 12.5 Å². The molecule has 2 heterocycles. The lowest BCUT2D eigenvalue weighted by Crippen LogP contribution is -2.32. The molecule has 1 unspecified atom stereocenters. The summed E-state index contributed by atoms with van der Waals surface area (Å²) >= 11 is 12.0. The fraction of sp³-hybridized carbons (Fsp3) is 0.136. The molecule has 3 aromatic rings. The molecule has 0 aliphatic carbocycles. The van der Waals surface area contributed by atoms with Gasteiger partial charge in [0.25, 0.3) is 5.91 Å². The molecule has 10 heteroatoms. The quantitative estimate of drug-likeness (QED) is 0.521. The van der Waals surface area contributed by atoms with Crippen LogP contribution in [0.3, 0.4) is 0 Å². The highest BCUT2D eigenvalue weighted by atomic mass is 35.5. The van der Waals surface area contributed by atoms with Gasteiger partial charge in [-0.25, -0.2) is 8.78 Å². The van der Waals surface area contributed by atoms with Gasteiger partial charge in [0.1, 0.15) is 17.4 Å². The monoisotopic (exact) mass is 477 g/mol. The standard InChI is InChI=1S/C22H15Cl2F2N3O3/c23-15-7-27-8-16(24)20(15)28-22(32)21(31)13-9-29(19-5-4-11(30)6-12(13)19)10-14-17(25)2-1-3-18(14)26/h1-8,13,30H,9-10H2,(H,27,28,32). The summed E-state index contributed by atoms with van der Waals surface area (Å²) < 4.78 is 28.4. The molecular weight excluding hydrogens is 463 g/mol. The summed E-state index contributed by atoms with van der Waals surface area (Å²) in [5, 5.41) is 12.4. The maximum Gasteiger partial charge on any atom is 0.292 e. The molecule has 0 spiro atoms.